The lowest BCUT2D eigenvalue weighted by molar-refractivity contribution is -0.140. The maximum absolute atomic E-state index is 14.1. The van der Waals surface area contributed by atoms with E-state index in [0.29, 0.717) is 12.1 Å². The van der Waals surface area contributed by atoms with Gasteiger partial charge in [0.2, 0.25) is 11.8 Å². The Balaban J connectivity index is 2.08. The lowest BCUT2D eigenvalue weighted by atomic mass is 10.1. The van der Waals surface area contributed by atoms with Gasteiger partial charge < -0.3 is 10.2 Å². The predicted octanol–water partition coefficient (Wildman–Crippen LogP) is 4.83. The maximum Gasteiger partial charge on any atom is 0.264 e. The van der Waals surface area contributed by atoms with E-state index in [1.54, 1.807) is 30.3 Å². The highest BCUT2D eigenvalue weighted by Crippen LogP contribution is 2.27. The Kier molecular flexibility index (Phi) is 9.69. The zero-order chi connectivity index (χ0) is 27.9. The Morgan fingerprint density at radius 1 is 0.842 bits per heavy atom. The van der Waals surface area contributed by atoms with Crippen LogP contribution in [0.2, 0.25) is 0 Å². The first-order chi connectivity index (χ1) is 18.1. The van der Waals surface area contributed by atoms with Gasteiger partial charge in [-0.3, -0.25) is 13.9 Å². The fraction of sp³-hybridized carbons (Fsp3) is 0.333. The molecule has 2 amide bonds. The molecule has 1 N–H and O–H groups in total. The lowest BCUT2D eigenvalue weighted by Crippen LogP contribution is -2.53. The molecule has 3 rings (SSSR count). The number of carbonyl (C=O) groups is 2. The average Bonchev–Trinajstić information content (AvgIpc) is 2.88. The van der Waals surface area contributed by atoms with Gasteiger partial charge in [0, 0.05) is 12.6 Å². The molecule has 0 radical (unpaired) electrons. The van der Waals surface area contributed by atoms with Crippen LogP contribution in [0.3, 0.4) is 0 Å². The number of aryl methyl sites for hydroxylation is 2. The number of sulfonamides is 1. The molecular formula is C30H37N3O4S. The van der Waals surface area contributed by atoms with E-state index >= 15 is 0 Å². The van der Waals surface area contributed by atoms with Gasteiger partial charge in [-0.15, -0.1) is 0 Å². The summed E-state index contributed by atoms with van der Waals surface area (Å²) in [5, 5.41) is 2.92. The van der Waals surface area contributed by atoms with Gasteiger partial charge in [-0.2, -0.15) is 0 Å². The van der Waals surface area contributed by atoms with Crippen molar-refractivity contribution in [3.05, 3.63) is 95.6 Å². The quantitative estimate of drug-likeness (QED) is 0.381. The first-order valence-corrected chi connectivity index (χ1v) is 14.3. The molecule has 3 aromatic carbocycles. The molecule has 0 aliphatic rings. The van der Waals surface area contributed by atoms with Crippen molar-refractivity contribution < 1.29 is 18.0 Å². The van der Waals surface area contributed by atoms with Gasteiger partial charge in [-0.05, 0) is 69.0 Å². The number of nitrogens with one attached hydrogen (secondary N) is 1. The number of anilines is 1. The third-order valence-electron chi connectivity index (χ3n) is 6.41. The number of para-hydroxylation sites is 1. The number of amides is 2. The van der Waals surface area contributed by atoms with Gasteiger partial charge in [-0.1, -0.05) is 67.6 Å². The molecule has 202 valence electrons. The Hall–Kier alpha value is -3.65. The van der Waals surface area contributed by atoms with E-state index in [4.69, 9.17) is 0 Å². The van der Waals surface area contributed by atoms with Crippen LogP contribution in [0.4, 0.5) is 5.69 Å². The standard InChI is InChI=1S/C30H37N3O4S/c1-6-27(30(35)31-22(2)3)32(20-25-16-12-10-14-23(25)4)29(34)21-33(28-19-13-11-15-24(28)5)38(36,37)26-17-8-7-9-18-26/h7-19,22,27H,6,20-21H2,1-5H3,(H,31,35)/t27-/m0/s1. The third kappa shape index (κ3) is 6.81. The first kappa shape index (κ1) is 28.9. The molecule has 0 saturated heterocycles. The van der Waals surface area contributed by atoms with Crippen LogP contribution in [0.15, 0.2) is 83.8 Å². The second-order valence-electron chi connectivity index (χ2n) is 9.65. The number of hydrogen-bond acceptors (Lipinski definition) is 4. The van der Waals surface area contributed by atoms with Crippen molar-refractivity contribution in [2.45, 2.75) is 64.6 Å². The topological polar surface area (TPSA) is 86.8 Å². The molecule has 7 nitrogen and oxygen atoms in total. The SMILES string of the molecule is CC[C@@H](C(=O)NC(C)C)N(Cc1ccccc1C)C(=O)CN(c1ccccc1C)S(=O)(=O)c1ccccc1. The van der Waals surface area contributed by atoms with E-state index in [2.05, 4.69) is 5.32 Å². The summed E-state index contributed by atoms with van der Waals surface area (Å²) in [6.07, 6.45) is 0.381. The Morgan fingerprint density at radius 3 is 2.00 bits per heavy atom. The Morgan fingerprint density at radius 2 is 1.42 bits per heavy atom. The molecular weight excluding hydrogens is 498 g/mol. The van der Waals surface area contributed by atoms with Crippen molar-refractivity contribution >= 4 is 27.5 Å². The minimum absolute atomic E-state index is 0.0890. The van der Waals surface area contributed by atoms with Gasteiger partial charge in [0.25, 0.3) is 10.0 Å². The maximum atomic E-state index is 14.1. The van der Waals surface area contributed by atoms with Crippen LogP contribution in [0.25, 0.3) is 0 Å². The number of hydrogen-bond donors (Lipinski definition) is 1. The summed E-state index contributed by atoms with van der Waals surface area (Å²) in [6, 6.07) is 22.0. The molecule has 8 heteroatoms. The number of rotatable bonds is 11. The molecule has 0 fully saturated rings. The number of benzene rings is 3. The normalized spacial score (nSPS) is 12.2. The monoisotopic (exact) mass is 535 g/mol. The summed E-state index contributed by atoms with van der Waals surface area (Å²) in [4.78, 5) is 28.9. The van der Waals surface area contributed by atoms with Crippen molar-refractivity contribution in [2.24, 2.45) is 0 Å². The molecule has 0 unspecified atom stereocenters. The van der Waals surface area contributed by atoms with E-state index < -0.39 is 28.5 Å². The Bertz CT molecular complexity index is 1360. The fourth-order valence-electron chi connectivity index (χ4n) is 4.35. The predicted molar refractivity (Wildman–Crippen MR) is 151 cm³/mol. The van der Waals surface area contributed by atoms with Crippen molar-refractivity contribution in [3.8, 4) is 0 Å². The van der Waals surface area contributed by atoms with Crippen molar-refractivity contribution in [1.29, 1.82) is 0 Å². The molecule has 0 bridgehead atoms. The highest BCUT2D eigenvalue weighted by Gasteiger charge is 2.34. The second-order valence-corrected chi connectivity index (χ2v) is 11.5. The van der Waals surface area contributed by atoms with E-state index in [1.807, 2.05) is 71.0 Å². The minimum Gasteiger partial charge on any atom is -0.352 e. The summed E-state index contributed by atoms with van der Waals surface area (Å²) in [6.45, 7) is 9.08. The average molecular weight is 536 g/mol. The first-order valence-electron chi connectivity index (χ1n) is 12.8. The van der Waals surface area contributed by atoms with Crippen LogP contribution in [0.5, 0.6) is 0 Å². The molecule has 0 aliphatic heterocycles. The van der Waals surface area contributed by atoms with Crippen LogP contribution >= 0.6 is 0 Å². The third-order valence-corrected chi connectivity index (χ3v) is 8.19. The zero-order valence-corrected chi connectivity index (χ0v) is 23.5. The van der Waals surface area contributed by atoms with E-state index in [9.17, 15) is 18.0 Å². The van der Waals surface area contributed by atoms with E-state index in [-0.39, 0.29) is 23.4 Å². The summed E-state index contributed by atoms with van der Waals surface area (Å²) >= 11 is 0. The fourth-order valence-corrected chi connectivity index (χ4v) is 5.85. The summed E-state index contributed by atoms with van der Waals surface area (Å²) in [5.41, 5.74) is 3.01. The van der Waals surface area contributed by atoms with Gasteiger partial charge >= 0.3 is 0 Å². The van der Waals surface area contributed by atoms with Gasteiger partial charge in [0.1, 0.15) is 12.6 Å². The number of carbonyl (C=O) groups excluding carboxylic acids is 2. The van der Waals surface area contributed by atoms with Gasteiger partial charge in [0.05, 0.1) is 10.6 Å². The van der Waals surface area contributed by atoms with Crippen molar-refractivity contribution in [1.82, 2.24) is 10.2 Å². The van der Waals surface area contributed by atoms with Gasteiger partial charge in [0.15, 0.2) is 0 Å². The van der Waals surface area contributed by atoms with E-state index in [1.165, 1.54) is 17.0 Å². The highest BCUT2D eigenvalue weighted by molar-refractivity contribution is 7.92. The van der Waals surface area contributed by atoms with Crippen molar-refractivity contribution in [2.75, 3.05) is 10.8 Å². The van der Waals surface area contributed by atoms with Crippen LogP contribution in [0, 0.1) is 13.8 Å². The van der Waals surface area contributed by atoms with Crippen LogP contribution in [-0.4, -0.2) is 43.8 Å². The molecule has 0 spiro atoms. The van der Waals surface area contributed by atoms with E-state index in [0.717, 1.165) is 21.0 Å². The van der Waals surface area contributed by atoms with Crippen LogP contribution in [-0.2, 0) is 26.2 Å². The molecule has 0 saturated carbocycles. The lowest BCUT2D eigenvalue weighted by Gasteiger charge is -2.34. The summed E-state index contributed by atoms with van der Waals surface area (Å²) in [7, 11) is -4.07. The second kappa shape index (κ2) is 12.7. The minimum atomic E-state index is -4.07. The molecule has 0 heterocycles. The van der Waals surface area contributed by atoms with Crippen LogP contribution in [0.1, 0.15) is 43.9 Å². The summed E-state index contributed by atoms with van der Waals surface area (Å²) < 4.78 is 28.9. The largest absolute Gasteiger partial charge is 0.352 e. The molecule has 1 atom stereocenters. The Labute approximate surface area is 226 Å². The van der Waals surface area contributed by atoms with Crippen molar-refractivity contribution in [3.63, 3.8) is 0 Å². The number of nitrogens with zero attached hydrogens (tertiary/aromatic N) is 2. The zero-order valence-electron chi connectivity index (χ0n) is 22.7. The summed E-state index contributed by atoms with van der Waals surface area (Å²) in [5.74, 6) is -0.723. The highest BCUT2D eigenvalue weighted by atomic mass is 32.2. The molecule has 0 aromatic heterocycles. The molecule has 38 heavy (non-hydrogen) atoms. The van der Waals surface area contributed by atoms with Crippen LogP contribution < -0.4 is 9.62 Å². The van der Waals surface area contributed by atoms with Gasteiger partial charge in [-0.25, -0.2) is 8.42 Å². The molecule has 3 aromatic rings. The molecule has 0 aliphatic carbocycles. The smallest absolute Gasteiger partial charge is 0.264 e.